The van der Waals surface area contributed by atoms with Crippen LogP contribution < -0.4 is 5.32 Å². The zero-order valence-electron chi connectivity index (χ0n) is 18.9. The standard InChI is InChI=1S/C25H34N2O4S/c1-19(2)16-27(32-22-11-7-4-8-12-22)17-24(28)23(15-20-9-5-3-6-10-20)26-25(29)31-21-13-14-30-18-21/h3-12,19,21,23-24,28H,13-18H2,1-2H3,(H,26,29)/t21-,23-,24+/m0/s1. The van der Waals surface area contributed by atoms with Crippen molar-refractivity contribution in [1.29, 1.82) is 0 Å². The van der Waals surface area contributed by atoms with Gasteiger partial charge < -0.3 is 19.9 Å². The molecule has 1 heterocycles. The molecule has 0 spiro atoms. The normalized spacial score (nSPS) is 18.0. The largest absolute Gasteiger partial charge is 0.444 e. The lowest BCUT2D eigenvalue weighted by atomic mass is 10.0. The molecule has 1 saturated heterocycles. The first-order valence-corrected chi connectivity index (χ1v) is 12.0. The van der Waals surface area contributed by atoms with Crippen LogP contribution in [0.1, 0.15) is 25.8 Å². The summed E-state index contributed by atoms with van der Waals surface area (Å²) in [6, 6.07) is 19.5. The van der Waals surface area contributed by atoms with E-state index < -0.39 is 18.2 Å². The van der Waals surface area contributed by atoms with Gasteiger partial charge in [0.2, 0.25) is 0 Å². The van der Waals surface area contributed by atoms with Gasteiger partial charge in [-0.25, -0.2) is 9.10 Å². The lowest BCUT2D eigenvalue weighted by Gasteiger charge is -2.30. The molecule has 2 aromatic carbocycles. The molecule has 0 radical (unpaired) electrons. The molecular formula is C25H34N2O4S. The molecule has 1 fully saturated rings. The van der Waals surface area contributed by atoms with Gasteiger partial charge in [-0.2, -0.15) is 0 Å². The highest BCUT2D eigenvalue weighted by Gasteiger charge is 2.27. The van der Waals surface area contributed by atoms with E-state index in [9.17, 15) is 9.90 Å². The van der Waals surface area contributed by atoms with Crippen molar-refractivity contribution in [2.75, 3.05) is 26.3 Å². The Morgan fingerprint density at radius 3 is 2.47 bits per heavy atom. The summed E-state index contributed by atoms with van der Waals surface area (Å²) in [4.78, 5) is 13.7. The van der Waals surface area contributed by atoms with E-state index >= 15 is 0 Å². The molecule has 2 N–H and O–H groups in total. The molecule has 32 heavy (non-hydrogen) atoms. The van der Waals surface area contributed by atoms with Crippen LogP contribution in [0.15, 0.2) is 65.6 Å². The van der Waals surface area contributed by atoms with Crippen molar-refractivity contribution in [2.45, 2.75) is 49.8 Å². The van der Waals surface area contributed by atoms with Crippen molar-refractivity contribution in [3.05, 3.63) is 66.2 Å². The first kappa shape index (κ1) is 24.6. The predicted octanol–water partition coefficient (Wildman–Crippen LogP) is 4.14. The van der Waals surface area contributed by atoms with E-state index in [1.54, 1.807) is 11.9 Å². The van der Waals surface area contributed by atoms with E-state index in [1.807, 2.05) is 48.5 Å². The van der Waals surface area contributed by atoms with Crippen LogP contribution in [0.2, 0.25) is 0 Å². The Morgan fingerprint density at radius 1 is 1.16 bits per heavy atom. The maximum atomic E-state index is 12.5. The number of aliphatic hydroxyl groups excluding tert-OH is 1. The van der Waals surface area contributed by atoms with Crippen molar-refractivity contribution in [3.8, 4) is 0 Å². The predicted molar refractivity (Wildman–Crippen MR) is 127 cm³/mol. The van der Waals surface area contributed by atoms with E-state index in [1.165, 1.54) is 0 Å². The van der Waals surface area contributed by atoms with Crippen LogP contribution >= 0.6 is 11.9 Å². The first-order chi connectivity index (χ1) is 15.5. The minimum absolute atomic E-state index is 0.226. The minimum atomic E-state index is -0.766. The Hall–Kier alpha value is -2.06. The summed E-state index contributed by atoms with van der Waals surface area (Å²) < 4.78 is 12.9. The monoisotopic (exact) mass is 458 g/mol. The Balaban J connectivity index is 1.67. The Labute approximate surface area is 195 Å². The third-order valence-corrected chi connectivity index (χ3v) is 6.20. The Morgan fingerprint density at radius 2 is 1.84 bits per heavy atom. The van der Waals surface area contributed by atoms with E-state index in [-0.39, 0.29) is 6.10 Å². The molecule has 0 bridgehead atoms. The van der Waals surface area contributed by atoms with Crippen LogP contribution in [0.25, 0.3) is 0 Å². The van der Waals surface area contributed by atoms with Gasteiger partial charge in [-0.1, -0.05) is 62.4 Å². The number of rotatable bonds is 11. The van der Waals surface area contributed by atoms with Gasteiger partial charge in [0.25, 0.3) is 0 Å². The Bertz CT molecular complexity index is 800. The molecule has 1 aliphatic rings. The highest BCUT2D eigenvalue weighted by atomic mass is 32.2. The molecular weight excluding hydrogens is 424 g/mol. The number of amides is 1. The average molecular weight is 459 g/mol. The summed E-state index contributed by atoms with van der Waals surface area (Å²) in [7, 11) is 0. The molecule has 0 aromatic heterocycles. The lowest BCUT2D eigenvalue weighted by Crippen LogP contribution is -2.49. The summed E-state index contributed by atoms with van der Waals surface area (Å²) in [5, 5.41) is 14.1. The summed E-state index contributed by atoms with van der Waals surface area (Å²) in [6.07, 6.45) is -0.279. The first-order valence-electron chi connectivity index (χ1n) is 11.2. The molecule has 1 aliphatic heterocycles. The summed E-state index contributed by atoms with van der Waals surface area (Å²) >= 11 is 1.63. The number of carbonyl (C=O) groups excluding carboxylic acids is 1. The molecule has 0 aliphatic carbocycles. The second kappa shape index (κ2) is 12.8. The molecule has 0 saturated carbocycles. The number of benzene rings is 2. The van der Waals surface area contributed by atoms with Gasteiger partial charge in [0.15, 0.2) is 0 Å². The fourth-order valence-electron chi connectivity index (χ4n) is 3.62. The molecule has 6 nitrogen and oxygen atoms in total. The quantitative estimate of drug-likeness (QED) is 0.493. The maximum absolute atomic E-state index is 12.5. The van der Waals surface area contributed by atoms with Crippen LogP contribution in [0.4, 0.5) is 4.79 Å². The molecule has 3 atom stereocenters. The van der Waals surface area contributed by atoms with E-state index in [0.29, 0.717) is 38.5 Å². The molecule has 174 valence electrons. The maximum Gasteiger partial charge on any atom is 0.407 e. The highest BCUT2D eigenvalue weighted by Crippen LogP contribution is 2.24. The van der Waals surface area contributed by atoms with Crippen molar-refractivity contribution in [3.63, 3.8) is 0 Å². The van der Waals surface area contributed by atoms with Crippen LogP contribution in [0.3, 0.4) is 0 Å². The zero-order chi connectivity index (χ0) is 22.8. The fourth-order valence-corrected chi connectivity index (χ4v) is 4.79. The number of nitrogens with one attached hydrogen (secondary N) is 1. The van der Waals surface area contributed by atoms with Gasteiger partial charge in [-0.05, 0) is 42.0 Å². The van der Waals surface area contributed by atoms with Crippen molar-refractivity contribution >= 4 is 18.0 Å². The number of nitrogens with zero attached hydrogens (tertiary/aromatic N) is 1. The minimum Gasteiger partial charge on any atom is -0.444 e. The van der Waals surface area contributed by atoms with Crippen LogP contribution in [0.5, 0.6) is 0 Å². The van der Waals surface area contributed by atoms with Gasteiger partial charge in [-0.3, -0.25) is 0 Å². The molecule has 2 aromatic rings. The Kier molecular flexibility index (Phi) is 9.87. The van der Waals surface area contributed by atoms with Gasteiger partial charge in [0, 0.05) is 24.4 Å². The molecule has 3 rings (SSSR count). The smallest absolute Gasteiger partial charge is 0.407 e. The van der Waals surface area contributed by atoms with Gasteiger partial charge >= 0.3 is 6.09 Å². The van der Waals surface area contributed by atoms with Crippen molar-refractivity contribution in [2.24, 2.45) is 5.92 Å². The summed E-state index contributed by atoms with van der Waals surface area (Å²) in [6.45, 7) is 6.59. The van der Waals surface area contributed by atoms with E-state index in [2.05, 4.69) is 35.6 Å². The third-order valence-electron chi connectivity index (χ3n) is 5.16. The molecule has 0 unspecified atom stereocenters. The number of carbonyl (C=O) groups is 1. The second-order valence-electron chi connectivity index (χ2n) is 8.54. The van der Waals surface area contributed by atoms with Gasteiger partial charge in [-0.15, -0.1) is 0 Å². The van der Waals surface area contributed by atoms with E-state index in [4.69, 9.17) is 9.47 Å². The number of hydrogen-bond acceptors (Lipinski definition) is 6. The van der Waals surface area contributed by atoms with Gasteiger partial charge in [0.1, 0.15) is 6.10 Å². The second-order valence-corrected chi connectivity index (χ2v) is 9.71. The van der Waals surface area contributed by atoms with Crippen molar-refractivity contribution < 1.29 is 19.4 Å². The number of ether oxygens (including phenoxy) is 2. The van der Waals surface area contributed by atoms with Crippen molar-refractivity contribution in [1.82, 2.24) is 9.62 Å². The van der Waals surface area contributed by atoms with E-state index in [0.717, 1.165) is 17.0 Å². The topological polar surface area (TPSA) is 71.0 Å². The number of hydrogen-bond donors (Lipinski definition) is 2. The summed E-state index contributed by atoms with van der Waals surface area (Å²) in [5.41, 5.74) is 1.05. The molecule has 7 heteroatoms. The zero-order valence-corrected chi connectivity index (χ0v) is 19.7. The number of alkyl carbamates (subject to hydrolysis) is 1. The lowest BCUT2D eigenvalue weighted by molar-refractivity contribution is 0.0650. The third kappa shape index (κ3) is 8.47. The number of aliphatic hydroxyl groups is 1. The highest BCUT2D eigenvalue weighted by molar-refractivity contribution is 7.97. The SMILES string of the molecule is CC(C)CN(C[C@@H](O)[C@H](Cc1ccccc1)NC(=O)O[C@H]1CCOC1)Sc1ccccc1. The average Bonchev–Trinajstić information content (AvgIpc) is 3.27. The molecule has 1 amide bonds. The van der Waals surface area contributed by atoms with Crippen LogP contribution in [-0.4, -0.2) is 60.1 Å². The summed E-state index contributed by atoms with van der Waals surface area (Å²) in [5.74, 6) is 0.436. The fraction of sp³-hybridized carbons (Fsp3) is 0.480. The van der Waals surface area contributed by atoms with Crippen LogP contribution in [0, 0.1) is 5.92 Å². The van der Waals surface area contributed by atoms with Crippen LogP contribution in [-0.2, 0) is 15.9 Å². The van der Waals surface area contributed by atoms with Gasteiger partial charge in [0.05, 0.1) is 25.4 Å².